The van der Waals surface area contributed by atoms with Crippen molar-refractivity contribution in [1.82, 2.24) is 40.5 Å². The fraction of sp³-hybridized carbons (Fsp3) is 0.519. The highest BCUT2D eigenvalue weighted by Gasteiger charge is 2.37. The van der Waals surface area contributed by atoms with Crippen LogP contribution >= 0.6 is 0 Å². The summed E-state index contributed by atoms with van der Waals surface area (Å²) in [5.41, 5.74) is 2.41. The van der Waals surface area contributed by atoms with Crippen molar-refractivity contribution in [3.63, 3.8) is 0 Å². The van der Waals surface area contributed by atoms with Crippen LogP contribution in [0.1, 0.15) is 47.8 Å². The van der Waals surface area contributed by atoms with Gasteiger partial charge in [0.25, 0.3) is 0 Å². The van der Waals surface area contributed by atoms with Crippen LogP contribution < -0.4 is 10.1 Å². The highest BCUT2D eigenvalue weighted by molar-refractivity contribution is 5.86. The van der Waals surface area contributed by atoms with Crippen molar-refractivity contribution in [3.8, 4) is 5.75 Å². The molecule has 0 saturated carbocycles. The van der Waals surface area contributed by atoms with E-state index < -0.39 is 0 Å². The Morgan fingerprint density at radius 3 is 2.77 bits per heavy atom. The SMILES string of the molecule is Cc1noc(C)c1CC(=O)N1CCCCOc2cccc(c2)[C@H]2CN(C(=O)CCn3cnnn3)C[C@@H]2NC(=O)C1. The average molecular weight is 551 g/mol. The molecule has 212 valence electrons. The second-order valence-corrected chi connectivity index (χ2v) is 10.3. The predicted octanol–water partition coefficient (Wildman–Crippen LogP) is 1.02. The van der Waals surface area contributed by atoms with Crippen LogP contribution in [0.5, 0.6) is 5.75 Å². The lowest BCUT2D eigenvalue weighted by atomic mass is 9.94. The summed E-state index contributed by atoms with van der Waals surface area (Å²) in [6, 6.07) is 7.52. The lowest BCUT2D eigenvalue weighted by molar-refractivity contribution is -0.136. The summed E-state index contributed by atoms with van der Waals surface area (Å²) in [6.45, 7) is 5.62. The van der Waals surface area contributed by atoms with Crippen LogP contribution in [0.2, 0.25) is 0 Å². The van der Waals surface area contributed by atoms with E-state index in [1.54, 1.807) is 23.6 Å². The maximum absolute atomic E-state index is 13.3. The molecule has 1 N–H and O–H groups in total. The molecule has 1 saturated heterocycles. The monoisotopic (exact) mass is 550 g/mol. The molecule has 1 fully saturated rings. The second-order valence-electron chi connectivity index (χ2n) is 10.3. The summed E-state index contributed by atoms with van der Waals surface area (Å²) in [5.74, 6) is 0.762. The minimum Gasteiger partial charge on any atom is -0.494 e. The molecular weight excluding hydrogens is 516 g/mol. The Kier molecular flexibility index (Phi) is 8.37. The minimum absolute atomic E-state index is 0.0427. The number of amides is 3. The van der Waals surface area contributed by atoms with E-state index in [1.807, 2.05) is 24.3 Å². The Morgan fingerprint density at radius 2 is 2.00 bits per heavy atom. The minimum atomic E-state index is -0.317. The Hall–Kier alpha value is -4.29. The largest absolute Gasteiger partial charge is 0.494 e. The maximum atomic E-state index is 13.3. The fourth-order valence-electron chi connectivity index (χ4n) is 5.31. The van der Waals surface area contributed by atoms with E-state index in [0.29, 0.717) is 50.7 Å². The number of ether oxygens (including phenoxy) is 1. The molecule has 0 spiro atoms. The molecule has 0 unspecified atom stereocenters. The molecule has 0 radical (unpaired) electrons. The zero-order valence-electron chi connectivity index (χ0n) is 22.8. The number of benzene rings is 1. The summed E-state index contributed by atoms with van der Waals surface area (Å²) in [5, 5.41) is 18.1. The van der Waals surface area contributed by atoms with E-state index in [-0.39, 0.29) is 49.1 Å². The van der Waals surface area contributed by atoms with Crippen molar-refractivity contribution in [3.05, 3.63) is 53.2 Å². The molecule has 5 rings (SSSR count). The van der Waals surface area contributed by atoms with Crippen molar-refractivity contribution in [2.24, 2.45) is 0 Å². The first-order chi connectivity index (χ1) is 19.4. The fourth-order valence-corrected chi connectivity index (χ4v) is 5.31. The highest BCUT2D eigenvalue weighted by atomic mass is 16.5. The summed E-state index contributed by atoms with van der Waals surface area (Å²) in [6.07, 6.45) is 3.25. The van der Waals surface area contributed by atoms with E-state index in [1.165, 1.54) is 11.0 Å². The van der Waals surface area contributed by atoms with Crippen LogP contribution in [0.4, 0.5) is 0 Å². The molecule has 4 heterocycles. The Labute approximate surface area is 231 Å². The van der Waals surface area contributed by atoms with Crippen molar-refractivity contribution >= 4 is 17.7 Å². The van der Waals surface area contributed by atoms with Gasteiger partial charge in [-0.1, -0.05) is 17.3 Å². The summed E-state index contributed by atoms with van der Waals surface area (Å²) < 4.78 is 12.7. The number of nitrogens with zero attached hydrogens (tertiary/aromatic N) is 7. The normalized spacial score (nSPS) is 19.9. The van der Waals surface area contributed by atoms with Crippen LogP contribution in [0.15, 0.2) is 35.1 Å². The van der Waals surface area contributed by atoms with Gasteiger partial charge < -0.3 is 24.4 Å². The first-order valence-corrected chi connectivity index (χ1v) is 13.6. The molecule has 1 aromatic carbocycles. The van der Waals surface area contributed by atoms with Gasteiger partial charge in [0.15, 0.2) is 0 Å². The zero-order chi connectivity index (χ0) is 28.1. The average Bonchev–Trinajstić information content (AvgIpc) is 3.68. The number of tetrazole rings is 1. The van der Waals surface area contributed by atoms with Crippen LogP contribution in [-0.4, -0.2) is 91.7 Å². The number of carbonyl (C=O) groups is 3. The molecule has 40 heavy (non-hydrogen) atoms. The van der Waals surface area contributed by atoms with Crippen LogP contribution in [-0.2, 0) is 27.3 Å². The number of hydrogen-bond donors (Lipinski definition) is 1. The number of likely N-dealkylation sites (tertiary alicyclic amines) is 1. The smallest absolute Gasteiger partial charge is 0.239 e. The topological polar surface area (TPSA) is 149 Å². The van der Waals surface area contributed by atoms with Crippen LogP contribution in [0.3, 0.4) is 0 Å². The Bertz CT molecular complexity index is 1320. The van der Waals surface area contributed by atoms with Crippen molar-refractivity contribution in [2.75, 3.05) is 32.8 Å². The van der Waals surface area contributed by atoms with Gasteiger partial charge in [-0.05, 0) is 54.8 Å². The molecule has 2 atom stereocenters. The quantitative estimate of drug-likeness (QED) is 0.491. The molecule has 13 heteroatoms. The second kappa shape index (κ2) is 12.3. The molecule has 3 aromatic rings. The first kappa shape index (κ1) is 27.3. The molecule has 2 bridgehead atoms. The number of hydrogen-bond acceptors (Lipinski definition) is 9. The standard InChI is InChI=1S/C27H34N8O5/c1-18-22(19(2)40-30-18)13-27(38)33-9-3-4-11-39-21-7-5-6-20(12-21)23-14-34(15-24(23)29-25(36)16-33)26(37)8-10-35-17-28-31-32-35/h5-7,12,17,23-24H,3-4,8-11,13-16H2,1-2H3,(H,29,36)/t23-,24+/m1/s1. The summed E-state index contributed by atoms with van der Waals surface area (Å²) in [4.78, 5) is 43.1. The van der Waals surface area contributed by atoms with Crippen LogP contribution in [0, 0.1) is 13.8 Å². The molecule has 3 amide bonds. The molecule has 0 aliphatic carbocycles. The van der Waals surface area contributed by atoms with E-state index in [9.17, 15) is 14.4 Å². The van der Waals surface area contributed by atoms with Gasteiger partial charge in [-0.2, -0.15) is 0 Å². The summed E-state index contributed by atoms with van der Waals surface area (Å²) >= 11 is 0. The molecule has 2 aliphatic heterocycles. The highest BCUT2D eigenvalue weighted by Crippen LogP contribution is 2.31. The van der Waals surface area contributed by atoms with Gasteiger partial charge in [0.1, 0.15) is 17.8 Å². The predicted molar refractivity (Wildman–Crippen MR) is 141 cm³/mol. The number of fused-ring (bicyclic) bond motifs is 4. The first-order valence-electron chi connectivity index (χ1n) is 13.6. The Balaban J connectivity index is 1.32. The molecule has 13 nitrogen and oxygen atoms in total. The Morgan fingerprint density at radius 1 is 1.12 bits per heavy atom. The third-order valence-electron chi connectivity index (χ3n) is 7.54. The van der Waals surface area contributed by atoms with Gasteiger partial charge >= 0.3 is 0 Å². The van der Waals surface area contributed by atoms with Gasteiger partial charge in [-0.15, -0.1) is 5.10 Å². The molecular formula is C27H34N8O5. The molecule has 2 aliphatic rings. The number of nitrogens with one attached hydrogen (secondary N) is 1. The molecule has 2 aromatic heterocycles. The number of aromatic nitrogens is 5. The van der Waals surface area contributed by atoms with Gasteiger partial charge in [-0.3, -0.25) is 14.4 Å². The van der Waals surface area contributed by atoms with E-state index in [4.69, 9.17) is 9.26 Å². The van der Waals surface area contributed by atoms with Crippen molar-refractivity contribution in [2.45, 2.75) is 58.0 Å². The van der Waals surface area contributed by atoms with Crippen molar-refractivity contribution < 1.29 is 23.6 Å². The number of carbonyl (C=O) groups excluding carboxylic acids is 3. The van der Waals surface area contributed by atoms with Gasteiger partial charge in [0, 0.05) is 37.5 Å². The van der Waals surface area contributed by atoms with Crippen LogP contribution in [0.25, 0.3) is 0 Å². The number of rotatable bonds is 5. The van der Waals surface area contributed by atoms with Crippen molar-refractivity contribution in [1.29, 1.82) is 0 Å². The number of aryl methyl sites for hydroxylation is 3. The lowest BCUT2D eigenvalue weighted by Gasteiger charge is -2.26. The third-order valence-corrected chi connectivity index (χ3v) is 7.54. The van der Waals surface area contributed by atoms with E-state index in [2.05, 4.69) is 26.0 Å². The lowest BCUT2D eigenvalue weighted by Crippen LogP contribution is -2.47. The van der Waals surface area contributed by atoms with Gasteiger partial charge in [0.05, 0.1) is 37.9 Å². The van der Waals surface area contributed by atoms with E-state index >= 15 is 0 Å². The summed E-state index contributed by atoms with van der Waals surface area (Å²) in [7, 11) is 0. The van der Waals surface area contributed by atoms with E-state index in [0.717, 1.165) is 23.3 Å². The zero-order valence-corrected chi connectivity index (χ0v) is 22.8. The third kappa shape index (κ3) is 6.46. The van der Waals surface area contributed by atoms with Gasteiger partial charge in [0.2, 0.25) is 17.7 Å². The maximum Gasteiger partial charge on any atom is 0.239 e. The van der Waals surface area contributed by atoms with Gasteiger partial charge in [-0.25, -0.2) is 4.68 Å².